The second kappa shape index (κ2) is 4.79. The van der Waals surface area contributed by atoms with Gasteiger partial charge in [0.2, 0.25) is 0 Å². The Morgan fingerprint density at radius 1 is 0.933 bits per heavy atom. The minimum Gasteiger partial charge on any atom is -0.0812 e. The summed E-state index contributed by atoms with van der Waals surface area (Å²) in [5.41, 5.74) is 5.41. The third-order valence-electron chi connectivity index (χ3n) is 2.59. The summed E-state index contributed by atoms with van der Waals surface area (Å²) < 4.78 is 1.08. The SMILES string of the molecule is Cc1cc(-c2ccccc2)ccc1CI. The number of aryl methyl sites for hydroxylation is 1. The van der Waals surface area contributed by atoms with Gasteiger partial charge in [0.1, 0.15) is 0 Å². The zero-order valence-corrected chi connectivity index (χ0v) is 10.9. The first-order chi connectivity index (χ1) is 7.31. The summed E-state index contributed by atoms with van der Waals surface area (Å²) in [6, 6.07) is 17.2. The lowest BCUT2D eigenvalue weighted by atomic mass is 10.0. The van der Waals surface area contributed by atoms with Gasteiger partial charge < -0.3 is 0 Å². The van der Waals surface area contributed by atoms with Crippen LogP contribution in [0.4, 0.5) is 0 Å². The van der Waals surface area contributed by atoms with E-state index in [0.29, 0.717) is 0 Å². The van der Waals surface area contributed by atoms with E-state index in [1.807, 2.05) is 0 Å². The van der Waals surface area contributed by atoms with Gasteiger partial charge in [-0.15, -0.1) is 0 Å². The van der Waals surface area contributed by atoms with E-state index in [2.05, 4.69) is 78.0 Å². The lowest BCUT2D eigenvalue weighted by Crippen LogP contribution is -1.85. The van der Waals surface area contributed by atoms with Crippen molar-refractivity contribution >= 4 is 22.6 Å². The molecule has 0 atom stereocenters. The monoisotopic (exact) mass is 308 g/mol. The molecule has 0 unspecified atom stereocenters. The van der Waals surface area contributed by atoms with E-state index in [1.165, 1.54) is 22.3 Å². The first kappa shape index (κ1) is 10.7. The van der Waals surface area contributed by atoms with Gasteiger partial charge in [0, 0.05) is 4.43 Å². The molecular formula is C14H13I. The van der Waals surface area contributed by atoms with Crippen LogP contribution in [-0.4, -0.2) is 0 Å². The first-order valence-electron chi connectivity index (χ1n) is 5.02. The summed E-state index contributed by atoms with van der Waals surface area (Å²) in [7, 11) is 0. The normalized spacial score (nSPS) is 10.3. The van der Waals surface area contributed by atoms with Gasteiger partial charge in [-0.3, -0.25) is 0 Å². The van der Waals surface area contributed by atoms with Crippen molar-refractivity contribution in [2.45, 2.75) is 11.4 Å². The van der Waals surface area contributed by atoms with Crippen molar-refractivity contribution in [2.24, 2.45) is 0 Å². The van der Waals surface area contributed by atoms with Crippen molar-refractivity contribution in [3.05, 3.63) is 59.7 Å². The predicted molar refractivity (Wildman–Crippen MR) is 74.3 cm³/mol. The van der Waals surface area contributed by atoms with E-state index < -0.39 is 0 Å². The molecule has 76 valence electrons. The molecule has 0 aliphatic heterocycles. The topological polar surface area (TPSA) is 0 Å². The maximum absolute atomic E-state index is 2.41. The average molecular weight is 308 g/mol. The van der Waals surface area contributed by atoms with Gasteiger partial charge in [-0.2, -0.15) is 0 Å². The standard InChI is InChI=1S/C14H13I/c1-11-9-13(7-8-14(11)10-15)12-5-3-2-4-6-12/h2-9H,10H2,1H3. The summed E-state index contributed by atoms with van der Waals surface area (Å²) in [6.45, 7) is 2.18. The van der Waals surface area contributed by atoms with Crippen LogP contribution in [0, 0.1) is 6.92 Å². The number of rotatable bonds is 2. The zero-order valence-electron chi connectivity index (χ0n) is 8.70. The van der Waals surface area contributed by atoms with Gasteiger partial charge in [0.25, 0.3) is 0 Å². The second-order valence-corrected chi connectivity index (χ2v) is 4.40. The van der Waals surface area contributed by atoms with Crippen LogP contribution in [0.3, 0.4) is 0 Å². The summed E-state index contributed by atoms with van der Waals surface area (Å²) in [5.74, 6) is 0. The van der Waals surface area contributed by atoms with Crippen LogP contribution in [0.1, 0.15) is 11.1 Å². The summed E-state index contributed by atoms with van der Waals surface area (Å²) in [5, 5.41) is 0. The molecule has 0 aliphatic carbocycles. The highest BCUT2D eigenvalue weighted by Gasteiger charge is 2.00. The Morgan fingerprint density at radius 2 is 1.67 bits per heavy atom. The third kappa shape index (κ3) is 2.40. The lowest BCUT2D eigenvalue weighted by Gasteiger charge is -2.06. The van der Waals surface area contributed by atoms with Crippen LogP contribution in [0.25, 0.3) is 11.1 Å². The van der Waals surface area contributed by atoms with E-state index >= 15 is 0 Å². The molecule has 0 nitrogen and oxygen atoms in total. The smallest absolute Gasteiger partial charge is 0.0249 e. The van der Waals surface area contributed by atoms with E-state index in [9.17, 15) is 0 Å². The first-order valence-corrected chi connectivity index (χ1v) is 6.55. The summed E-state index contributed by atoms with van der Waals surface area (Å²) in [4.78, 5) is 0. The molecule has 0 amide bonds. The maximum atomic E-state index is 2.41. The van der Waals surface area contributed by atoms with E-state index in [-0.39, 0.29) is 0 Å². The molecule has 0 fully saturated rings. The molecule has 0 N–H and O–H groups in total. The van der Waals surface area contributed by atoms with Gasteiger partial charge >= 0.3 is 0 Å². The van der Waals surface area contributed by atoms with Crippen molar-refractivity contribution in [3.63, 3.8) is 0 Å². The van der Waals surface area contributed by atoms with Gasteiger partial charge in [0.05, 0.1) is 0 Å². The Bertz CT molecular complexity index is 446. The van der Waals surface area contributed by atoms with Crippen LogP contribution >= 0.6 is 22.6 Å². The van der Waals surface area contributed by atoms with Crippen molar-refractivity contribution < 1.29 is 0 Å². The molecule has 0 aromatic heterocycles. The summed E-state index contributed by atoms with van der Waals surface area (Å²) in [6.07, 6.45) is 0. The van der Waals surface area contributed by atoms with Crippen LogP contribution in [-0.2, 0) is 4.43 Å². The molecule has 2 rings (SSSR count). The summed E-state index contributed by atoms with van der Waals surface area (Å²) >= 11 is 2.41. The highest BCUT2D eigenvalue weighted by atomic mass is 127. The molecule has 0 spiro atoms. The molecule has 15 heavy (non-hydrogen) atoms. The number of benzene rings is 2. The van der Waals surface area contributed by atoms with Crippen molar-refractivity contribution in [3.8, 4) is 11.1 Å². The molecule has 0 bridgehead atoms. The third-order valence-corrected chi connectivity index (χ3v) is 3.42. The fraction of sp³-hybridized carbons (Fsp3) is 0.143. The molecule has 2 aromatic rings. The second-order valence-electron chi connectivity index (χ2n) is 3.64. The molecule has 0 saturated heterocycles. The van der Waals surface area contributed by atoms with Crippen LogP contribution in [0.2, 0.25) is 0 Å². The lowest BCUT2D eigenvalue weighted by molar-refractivity contribution is 1.33. The van der Waals surface area contributed by atoms with E-state index in [1.54, 1.807) is 0 Å². The minimum absolute atomic E-state index is 1.08. The number of hydrogen-bond acceptors (Lipinski definition) is 0. The van der Waals surface area contributed by atoms with Gasteiger partial charge in [-0.25, -0.2) is 0 Å². The Balaban J connectivity index is 2.43. The number of alkyl halides is 1. The molecule has 0 saturated carbocycles. The quantitative estimate of drug-likeness (QED) is 0.562. The van der Waals surface area contributed by atoms with Gasteiger partial charge in [0.15, 0.2) is 0 Å². The highest BCUT2D eigenvalue weighted by molar-refractivity contribution is 14.1. The largest absolute Gasteiger partial charge is 0.0812 e. The van der Waals surface area contributed by atoms with Crippen LogP contribution in [0.5, 0.6) is 0 Å². The average Bonchev–Trinajstić information content (AvgIpc) is 2.30. The Labute approximate surface area is 104 Å². The van der Waals surface area contributed by atoms with Crippen molar-refractivity contribution in [1.82, 2.24) is 0 Å². The molecule has 0 radical (unpaired) electrons. The number of halogens is 1. The fourth-order valence-electron chi connectivity index (χ4n) is 1.66. The van der Waals surface area contributed by atoms with Crippen molar-refractivity contribution in [2.75, 3.05) is 0 Å². The van der Waals surface area contributed by atoms with E-state index in [0.717, 1.165) is 4.43 Å². The van der Waals surface area contributed by atoms with Gasteiger partial charge in [-0.1, -0.05) is 71.1 Å². The van der Waals surface area contributed by atoms with E-state index in [4.69, 9.17) is 0 Å². The molecule has 2 aromatic carbocycles. The predicted octanol–water partition coefficient (Wildman–Crippen LogP) is 4.60. The Morgan fingerprint density at radius 3 is 2.27 bits per heavy atom. The fourth-order valence-corrected chi connectivity index (χ4v) is 2.51. The van der Waals surface area contributed by atoms with Crippen LogP contribution < -0.4 is 0 Å². The molecule has 1 heteroatoms. The molecule has 0 aliphatic rings. The number of hydrogen-bond donors (Lipinski definition) is 0. The zero-order chi connectivity index (χ0) is 10.7. The minimum atomic E-state index is 1.08. The highest BCUT2D eigenvalue weighted by Crippen LogP contribution is 2.23. The Hall–Kier alpha value is -0.830. The molecule has 0 heterocycles. The van der Waals surface area contributed by atoms with Crippen molar-refractivity contribution in [1.29, 1.82) is 0 Å². The maximum Gasteiger partial charge on any atom is 0.0249 e. The molecular weight excluding hydrogens is 295 g/mol. The van der Waals surface area contributed by atoms with Gasteiger partial charge in [-0.05, 0) is 29.2 Å². The van der Waals surface area contributed by atoms with Crippen LogP contribution in [0.15, 0.2) is 48.5 Å². The Kier molecular flexibility index (Phi) is 3.41.